The highest BCUT2D eigenvalue weighted by Crippen LogP contribution is 2.50. The quantitative estimate of drug-likeness (QED) is 0.0257. The third kappa shape index (κ3) is 20.2. The lowest BCUT2D eigenvalue weighted by molar-refractivity contribution is -0.198. The average molecular weight is 1320 g/mol. The molecule has 0 unspecified atom stereocenters. The number of allylic oxidation sites excluding steroid dienone is 3. The lowest BCUT2D eigenvalue weighted by atomic mass is 9.78. The number of thiocarbonyl (C=S) groups is 1. The molecule has 3 saturated heterocycles. The maximum absolute atomic E-state index is 14.5. The maximum Gasteiger partial charge on any atom is 0.335 e. The zero-order valence-electron chi connectivity index (χ0n) is 54.0. The van der Waals surface area contributed by atoms with Gasteiger partial charge in [0.1, 0.15) is 35.6 Å². The molecule has 92 heavy (non-hydrogen) atoms. The van der Waals surface area contributed by atoms with E-state index in [0.717, 1.165) is 16.7 Å². The minimum absolute atomic E-state index is 0.00443. The number of esters is 2. The molecule has 0 aliphatic carbocycles. The van der Waals surface area contributed by atoms with E-state index in [1.165, 1.54) is 43.0 Å². The summed E-state index contributed by atoms with van der Waals surface area (Å²) in [4.78, 5) is 139. The van der Waals surface area contributed by atoms with Gasteiger partial charge in [-0.25, -0.2) is 14.4 Å². The number of amides is 7. The Labute approximate surface area is 547 Å². The largest absolute Gasteiger partial charge is 0.462 e. The summed E-state index contributed by atoms with van der Waals surface area (Å²) < 4.78 is 35.2. The summed E-state index contributed by atoms with van der Waals surface area (Å²) in [7, 11) is 4.46. The standard InChI is InChI=1S/C65H88ClN7O18S/c1-37(2)45(33-52(92)68-24-26-87-28-27-86-25-22-56(78)91-73-53(75)20-21-54(73)76)60(80)70-46(14-12-23-69-63(67)83)48(74)32-42-16-18-44(19-17-42)61(81)71(8)41(6)62(82)89-51-34-55(77)72(9)47-31-43(30-39(4)58(47)66)29-38(3)13-11-15-50(85-10)65(84)35-49(88-57(79)36-65)40(5)59-64(51,7)90-59/h11,13,15-19,30-31,37,40-41,45-46,49-51,59,84H,12,14,20-29,32-36H2,1-10H3,(H,68,92)(H,70,80)(H3,67,69,83)/b15-11+,38-13+/t40-,41+,45+,46+,49+,50-,51+,59+,64+,65-/m1/s1. The van der Waals surface area contributed by atoms with Gasteiger partial charge >= 0.3 is 23.9 Å². The van der Waals surface area contributed by atoms with Crippen LogP contribution >= 0.6 is 23.8 Å². The van der Waals surface area contributed by atoms with Crippen molar-refractivity contribution < 1.29 is 86.3 Å². The number of hydrogen-bond acceptors (Lipinski definition) is 19. The van der Waals surface area contributed by atoms with Crippen molar-refractivity contribution in [2.45, 2.75) is 167 Å². The Morgan fingerprint density at radius 2 is 1.62 bits per heavy atom. The van der Waals surface area contributed by atoms with Crippen LogP contribution in [0, 0.1) is 24.7 Å². The van der Waals surface area contributed by atoms with Gasteiger partial charge < -0.3 is 69.8 Å². The van der Waals surface area contributed by atoms with Crippen molar-refractivity contribution in [3.05, 3.63) is 87.5 Å². The number of imide groups is 1. The summed E-state index contributed by atoms with van der Waals surface area (Å²) in [5, 5.41) is 21.4. The number of epoxide rings is 1. The summed E-state index contributed by atoms with van der Waals surface area (Å²) in [6.07, 6.45) is 1.70. The van der Waals surface area contributed by atoms with Gasteiger partial charge in [0.15, 0.2) is 5.78 Å². The second-order valence-electron chi connectivity index (χ2n) is 24.5. The van der Waals surface area contributed by atoms with Crippen molar-refractivity contribution in [1.82, 2.24) is 25.9 Å². The lowest BCUT2D eigenvalue weighted by Crippen LogP contribution is -2.53. The molecule has 2 aromatic carbocycles. The number of nitrogens with one attached hydrogen (secondary N) is 3. The number of benzene rings is 2. The van der Waals surface area contributed by atoms with Crippen molar-refractivity contribution >= 4 is 93.8 Å². The first-order valence-corrected chi connectivity index (χ1v) is 31.7. The molecule has 4 aliphatic rings. The fraction of sp³-hybridized carbons (Fsp3) is 0.585. The van der Waals surface area contributed by atoms with E-state index in [2.05, 4.69) is 16.0 Å². The Morgan fingerprint density at radius 3 is 2.27 bits per heavy atom. The minimum Gasteiger partial charge on any atom is -0.462 e. The van der Waals surface area contributed by atoms with E-state index in [4.69, 9.17) is 62.8 Å². The highest BCUT2D eigenvalue weighted by Gasteiger charge is 2.64. The molecule has 7 amide bonds. The molecule has 3 fully saturated rings. The van der Waals surface area contributed by atoms with Crippen LogP contribution in [0.15, 0.2) is 60.2 Å². The highest BCUT2D eigenvalue weighted by molar-refractivity contribution is 7.80. The molecule has 0 aromatic heterocycles. The third-order valence-electron chi connectivity index (χ3n) is 17.1. The molecule has 4 heterocycles. The fourth-order valence-electron chi connectivity index (χ4n) is 11.3. The van der Waals surface area contributed by atoms with E-state index in [-0.39, 0.29) is 108 Å². The second kappa shape index (κ2) is 33.6. The number of primary amides is 1. The van der Waals surface area contributed by atoms with E-state index in [1.807, 2.05) is 45.9 Å². The highest BCUT2D eigenvalue weighted by atomic mass is 35.5. The molecule has 27 heteroatoms. The second-order valence-corrected chi connectivity index (χ2v) is 25.4. The number of rotatable bonds is 27. The zero-order valence-corrected chi connectivity index (χ0v) is 55.6. The van der Waals surface area contributed by atoms with Crippen LogP contribution in [0.4, 0.5) is 10.5 Å². The Bertz CT molecular complexity index is 3110. The van der Waals surface area contributed by atoms with Crippen molar-refractivity contribution in [3.63, 3.8) is 0 Å². The van der Waals surface area contributed by atoms with Crippen molar-refractivity contribution in [2.24, 2.45) is 23.5 Å². The number of anilines is 1. The molecule has 0 radical (unpaired) electrons. The van der Waals surface area contributed by atoms with Gasteiger partial charge in [-0.05, 0) is 87.8 Å². The number of carbonyl (C=O) groups is 10. The average Bonchev–Trinajstić information content (AvgIpc) is 1.59. The number of halogens is 1. The summed E-state index contributed by atoms with van der Waals surface area (Å²) in [6.45, 7) is 13.5. The molecule has 0 spiro atoms. The summed E-state index contributed by atoms with van der Waals surface area (Å²) >= 11 is 12.5. The first kappa shape index (κ1) is 73.8. The van der Waals surface area contributed by atoms with Crippen LogP contribution in [-0.4, -0.2) is 188 Å². The number of hydroxylamine groups is 2. The molecule has 6 rings (SSSR count). The third-order valence-corrected chi connectivity index (χ3v) is 17.9. The number of fused-ring (bicyclic) bond motifs is 5. The smallest absolute Gasteiger partial charge is 0.335 e. The van der Waals surface area contributed by atoms with E-state index in [1.54, 1.807) is 45.2 Å². The summed E-state index contributed by atoms with van der Waals surface area (Å²) in [5.74, 6) is -6.61. The van der Waals surface area contributed by atoms with E-state index in [0.29, 0.717) is 45.7 Å². The molecule has 0 saturated carbocycles. The number of aryl methyl sites for hydroxylation is 1. The molecular formula is C65H88ClN7O18S. The molecule has 10 atom stereocenters. The first-order chi connectivity index (χ1) is 43.5. The van der Waals surface area contributed by atoms with E-state index < -0.39 is 113 Å². The van der Waals surface area contributed by atoms with E-state index >= 15 is 0 Å². The SMILES string of the molecule is CO[C@@H]1/C=C/C=C(\C)Cc2cc(C)c(Cl)c(c2)N(C)C(=O)C[C@H](OC(=O)[C@H](C)N(C)C(=O)c2ccc(CC(=O)[C@H](CCCNC(N)=O)NC(=O)[C@@H](CC(=S)NCCOCCOCCC(=O)ON3C(=O)CCC3=O)C(C)C)cc2)[C@]2(C)O[C@H]2[C@H](C)[C@@H]2C[C@@]1(O)CC(=O)O2. The summed E-state index contributed by atoms with van der Waals surface area (Å²) in [5.41, 5.74) is 5.98. The number of hydrogen-bond donors (Lipinski definition) is 5. The predicted molar refractivity (Wildman–Crippen MR) is 340 cm³/mol. The maximum atomic E-state index is 14.5. The topological polar surface area (TPSA) is 331 Å². The number of likely N-dealkylation sites (N-methyl/N-ethyl adjacent to an activating group) is 1. The van der Waals surface area contributed by atoms with Gasteiger partial charge in [-0.3, -0.25) is 33.6 Å². The lowest BCUT2D eigenvalue weighted by Gasteiger charge is -2.41. The number of urea groups is 1. The van der Waals surface area contributed by atoms with Crippen LogP contribution in [0.1, 0.15) is 126 Å². The van der Waals surface area contributed by atoms with Crippen LogP contribution in [0.2, 0.25) is 5.02 Å². The number of nitrogens with two attached hydrogens (primary N) is 1. The Kier molecular flexibility index (Phi) is 27.0. The van der Waals surface area contributed by atoms with Crippen molar-refractivity contribution in [2.75, 3.05) is 65.6 Å². The normalized spacial score (nSPS) is 24.4. The van der Waals surface area contributed by atoms with Crippen LogP contribution in [-0.2, 0) is 84.5 Å². The number of aliphatic hydroxyl groups is 1. The molecular weight excluding hydrogens is 1230 g/mol. The summed E-state index contributed by atoms with van der Waals surface area (Å²) in [6, 6.07) is 7.01. The Morgan fingerprint density at radius 1 is 0.946 bits per heavy atom. The van der Waals surface area contributed by atoms with Gasteiger partial charge in [-0.1, -0.05) is 86.6 Å². The number of carbonyl (C=O) groups excluding carboxylic acids is 10. The Hall–Kier alpha value is -7.20. The molecule has 504 valence electrons. The zero-order chi connectivity index (χ0) is 67.8. The fourth-order valence-corrected chi connectivity index (χ4v) is 11.8. The molecule has 6 N–H and O–H groups in total. The van der Waals surface area contributed by atoms with Crippen molar-refractivity contribution in [1.29, 1.82) is 0 Å². The van der Waals surface area contributed by atoms with Crippen molar-refractivity contribution in [3.8, 4) is 0 Å². The number of ketones is 1. The van der Waals surface area contributed by atoms with Gasteiger partial charge in [-0.15, -0.1) is 5.06 Å². The molecule has 2 aromatic rings. The minimum atomic E-state index is -1.65. The van der Waals surface area contributed by atoms with Crippen LogP contribution < -0.4 is 26.6 Å². The van der Waals surface area contributed by atoms with Crippen LogP contribution in [0.5, 0.6) is 0 Å². The number of nitrogens with zero attached hydrogens (tertiary/aromatic N) is 3. The van der Waals surface area contributed by atoms with E-state index in [9.17, 15) is 53.1 Å². The number of Topliss-reactive ketones (excluding diaryl/α,β-unsaturated/α-hetero) is 1. The Balaban J connectivity index is 1.07. The molecule has 25 nitrogen and oxygen atoms in total. The van der Waals surface area contributed by atoms with Crippen LogP contribution in [0.3, 0.4) is 0 Å². The first-order valence-electron chi connectivity index (χ1n) is 30.9. The molecule has 4 bridgehead atoms. The van der Waals surface area contributed by atoms with Gasteiger partial charge in [0.2, 0.25) is 11.8 Å². The van der Waals surface area contributed by atoms with Crippen LogP contribution in [0.25, 0.3) is 0 Å². The monoisotopic (exact) mass is 1320 g/mol. The number of ether oxygens (including phenoxy) is 6. The molecule has 4 aliphatic heterocycles. The number of methoxy groups -OCH3 is 1. The van der Waals surface area contributed by atoms with Gasteiger partial charge in [0, 0.05) is 83.8 Å². The van der Waals surface area contributed by atoms with Gasteiger partial charge in [0.05, 0.1) is 73.5 Å². The predicted octanol–water partition coefficient (Wildman–Crippen LogP) is 5.03. The van der Waals surface area contributed by atoms with Gasteiger partial charge in [-0.2, -0.15) is 0 Å². The van der Waals surface area contributed by atoms with Gasteiger partial charge in [0.25, 0.3) is 17.7 Å².